The molecule has 2 aromatic rings. The molecule has 3 rings (SSSR count). The van der Waals surface area contributed by atoms with E-state index >= 15 is 0 Å². The molecule has 0 aliphatic carbocycles. The second kappa shape index (κ2) is 9.74. The average molecular weight is 409 g/mol. The van der Waals surface area contributed by atoms with Gasteiger partial charge in [0.15, 0.2) is 5.17 Å². The lowest BCUT2D eigenvalue weighted by Crippen LogP contribution is -2.31. The predicted molar refractivity (Wildman–Crippen MR) is 124 cm³/mol. The van der Waals surface area contributed by atoms with Gasteiger partial charge >= 0.3 is 0 Å². The maximum Gasteiger partial charge on any atom is 0.242 e. The third-order valence-electron chi connectivity index (χ3n) is 4.92. The van der Waals surface area contributed by atoms with Gasteiger partial charge in [-0.3, -0.25) is 9.69 Å². The molecule has 6 heteroatoms. The van der Waals surface area contributed by atoms with E-state index in [9.17, 15) is 4.79 Å². The van der Waals surface area contributed by atoms with Crippen LogP contribution < -0.4 is 4.90 Å². The highest BCUT2D eigenvalue weighted by atomic mass is 32.2. The normalized spacial score (nSPS) is 18.2. The number of rotatable bonds is 7. The molecule has 29 heavy (non-hydrogen) atoms. The molecule has 0 N–H and O–H groups in total. The largest absolute Gasteiger partial charge is 0.378 e. The Morgan fingerprint density at radius 2 is 1.86 bits per heavy atom. The van der Waals surface area contributed by atoms with Crippen molar-refractivity contribution < 1.29 is 4.79 Å². The molecule has 1 amide bonds. The van der Waals surface area contributed by atoms with Crippen LogP contribution in [0.2, 0.25) is 0 Å². The molecule has 0 spiro atoms. The molecule has 1 saturated heterocycles. The SMILES string of the molecule is CCCC1S/C(=N\N=C\c2ccc(N(C)C)cc2)N(Cc2ccccc2C)C1=O. The summed E-state index contributed by atoms with van der Waals surface area (Å²) in [5.74, 6) is 0.129. The van der Waals surface area contributed by atoms with E-state index in [1.807, 2.05) is 50.5 Å². The van der Waals surface area contributed by atoms with E-state index in [0.717, 1.165) is 29.7 Å². The Hall–Kier alpha value is -2.60. The van der Waals surface area contributed by atoms with E-state index in [1.165, 1.54) is 17.3 Å². The third-order valence-corrected chi connectivity index (χ3v) is 6.15. The minimum absolute atomic E-state index is 0.0719. The van der Waals surface area contributed by atoms with Gasteiger partial charge in [0.05, 0.1) is 18.0 Å². The van der Waals surface area contributed by atoms with Crippen LogP contribution in [-0.2, 0) is 11.3 Å². The van der Waals surface area contributed by atoms with E-state index in [-0.39, 0.29) is 11.2 Å². The molecule has 1 aliphatic heterocycles. The lowest BCUT2D eigenvalue weighted by atomic mass is 10.1. The first kappa shape index (κ1) is 21.1. The van der Waals surface area contributed by atoms with Crippen molar-refractivity contribution >= 4 is 34.7 Å². The third kappa shape index (κ3) is 5.26. The van der Waals surface area contributed by atoms with Gasteiger partial charge in [0.1, 0.15) is 0 Å². The molecule has 0 radical (unpaired) electrons. The van der Waals surface area contributed by atoms with Crippen LogP contribution in [-0.4, -0.2) is 41.5 Å². The van der Waals surface area contributed by atoms with E-state index < -0.39 is 0 Å². The van der Waals surface area contributed by atoms with Crippen LogP contribution in [0.4, 0.5) is 5.69 Å². The summed E-state index contributed by atoms with van der Waals surface area (Å²) < 4.78 is 0. The van der Waals surface area contributed by atoms with E-state index in [0.29, 0.717) is 11.7 Å². The van der Waals surface area contributed by atoms with Gasteiger partial charge in [-0.05, 0) is 42.2 Å². The van der Waals surface area contributed by atoms with Crippen molar-refractivity contribution in [2.45, 2.75) is 38.5 Å². The molecule has 1 unspecified atom stereocenters. The van der Waals surface area contributed by atoms with Gasteiger partial charge in [-0.25, -0.2) is 0 Å². The highest BCUT2D eigenvalue weighted by Crippen LogP contribution is 2.32. The fourth-order valence-electron chi connectivity index (χ4n) is 3.14. The lowest BCUT2D eigenvalue weighted by molar-refractivity contribution is -0.126. The number of amidine groups is 1. The van der Waals surface area contributed by atoms with Crippen molar-refractivity contribution in [3.63, 3.8) is 0 Å². The van der Waals surface area contributed by atoms with Gasteiger partial charge in [-0.15, -0.1) is 5.10 Å². The zero-order chi connectivity index (χ0) is 20.8. The van der Waals surface area contributed by atoms with Crippen molar-refractivity contribution in [2.24, 2.45) is 10.2 Å². The minimum Gasteiger partial charge on any atom is -0.378 e. The van der Waals surface area contributed by atoms with Gasteiger partial charge in [-0.2, -0.15) is 5.10 Å². The quantitative estimate of drug-likeness (QED) is 0.493. The van der Waals surface area contributed by atoms with Crippen molar-refractivity contribution in [3.05, 3.63) is 65.2 Å². The van der Waals surface area contributed by atoms with Crippen molar-refractivity contribution in [1.82, 2.24) is 4.90 Å². The van der Waals surface area contributed by atoms with Gasteiger partial charge < -0.3 is 4.90 Å². The summed E-state index contributed by atoms with van der Waals surface area (Å²) in [4.78, 5) is 16.8. The van der Waals surface area contributed by atoms with Crippen LogP contribution in [0.3, 0.4) is 0 Å². The summed E-state index contributed by atoms with van der Waals surface area (Å²) in [6.45, 7) is 4.70. The lowest BCUT2D eigenvalue weighted by Gasteiger charge is -2.17. The molecule has 5 nitrogen and oxygen atoms in total. The minimum atomic E-state index is -0.0719. The van der Waals surface area contributed by atoms with Gasteiger partial charge in [0, 0.05) is 19.8 Å². The predicted octanol–water partition coefficient (Wildman–Crippen LogP) is 4.70. The molecule has 0 saturated carbocycles. The molecule has 0 bridgehead atoms. The van der Waals surface area contributed by atoms with Crippen molar-refractivity contribution in [1.29, 1.82) is 0 Å². The Balaban J connectivity index is 1.79. The van der Waals surface area contributed by atoms with Gasteiger partial charge in [0.2, 0.25) is 5.91 Å². The summed E-state index contributed by atoms with van der Waals surface area (Å²) in [6.07, 6.45) is 3.55. The molecule has 1 aliphatic rings. The standard InChI is InChI=1S/C23H28N4OS/c1-5-8-21-22(28)27(16-19-10-7-6-9-17(19)2)23(29-21)25-24-15-18-11-13-20(14-12-18)26(3)4/h6-7,9-15,21H,5,8,16H2,1-4H3/b24-15+,25-23-. The van der Waals surface area contributed by atoms with Crippen LogP contribution in [0, 0.1) is 6.92 Å². The van der Waals surface area contributed by atoms with Gasteiger partial charge in [0.25, 0.3) is 0 Å². The van der Waals surface area contributed by atoms with E-state index in [1.54, 1.807) is 11.1 Å². The second-order valence-corrected chi connectivity index (χ2v) is 8.53. The first-order chi connectivity index (χ1) is 14.0. The number of carbonyl (C=O) groups excluding carboxylic acids is 1. The van der Waals surface area contributed by atoms with E-state index in [2.05, 4.69) is 41.1 Å². The zero-order valence-corrected chi connectivity index (χ0v) is 18.3. The fourth-order valence-corrected chi connectivity index (χ4v) is 4.35. The molecule has 1 atom stereocenters. The maximum absolute atomic E-state index is 12.9. The first-order valence-corrected chi connectivity index (χ1v) is 10.8. The number of carbonyl (C=O) groups is 1. The summed E-state index contributed by atoms with van der Waals surface area (Å²) >= 11 is 1.52. The Morgan fingerprint density at radius 1 is 1.14 bits per heavy atom. The molecule has 1 fully saturated rings. The molecular formula is C23H28N4OS. The van der Waals surface area contributed by atoms with Crippen LogP contribution in [0.15, 0.2) is 58.7 Å². The topological polar surface area (TPSA) is 48.3 Å². The zero-order valence-electron chi connectivity index (χ0n) is 17.5. The maximum atomic E-state index is 12.9. The second-order valence-electron chi connectivity index (χ2n) is 7.36. The number of anilines is 1. The van der Waals surface area contributed by atoms with Crippen LogP contribution in [0.25, 0.3) is 0 Å². The monoisotopic (exact) mass is 408 g/mol. The number of hydrogen-bond donors (Lipinski definition) is 0. The molecule has 1 heterocycles. The summed E-state index contributed by atoms with van der Waals surface area (Å²) in [5.41, 5.74) is 4.42. The molecule has 2 aromatic carbocycles. The number of amides is 1. The smallest absolute Gasteiger partial charge is 0.242 e. The number of nitrogens with zero attached hydrogens (tertiary/aromatic N) is 4. The molecular weight excluding hydrogens is 380 g/mol. The fraction of sp³-hybridized carbons (Fsp3) is 0.348. The Morgan fingerprint density at radius 3 is 2.52 bits per heavy atom. The Bertz CT molecular complexity index is 905. The Labute approximate surface area is 177 Å². The van der Waals surface area contributed by atoms with Crippen molar-refractivity contribution in [3.8, 4) is 0 Å². The summed E-state index contributed by atoms with van der Waals surface area (Å²) in [6, 6.07) is 16.3. The average Bonchev–Trinajstić information content (AvgIpc) is 2.99. The first-order valence-electron chi connectivity index (χ1n) is 9.90. The number of thioether (sulfide) groups is 1. The van der Waals surface area contributed by atoms with Crippen LogP contribution in [0.5, 0.6) is 0 Å². The van der Waals surface area contributed by atoms with Crippen LogP contribution >= 0.6 is 11.8 Å². The number of aryl methyl sites for hydroxylation is 1. The number of benzene rings is 2. The molecule has 152 valence electrons. The van der Waals surface area contributed by atoms with Crippen LogP contribution in [0.1, 0.15) is 36.5 Å². The summed E-state index contributed by atoms with van der Waals surface area (Å²) in [7, 11) is 4.03. The molecule has 0 aromatic heterocycles. The van der Waals surface area contributed by atoms with Crippen molar-refractivity contribution in [2.75, 3.05) is 19.0 Å². The Kier molecular flexibility index (Phi) is 7.09. The van der Waals surface area contributed by atoms with Gasteiger partial charge in [-0.1, -0.05) is 61.5 Å². The highest BCUT2D eigenvalue weighted by Gasteiger charge is 2.37. The number of hydrogen-bond acceptors (Lipinski definition) is 5. The summed E-state index contributed by atoms with van der Waals surface area (Å²) in [5, 5.41) is 9.29. The highest BCUT2D eigenvalue weighted by molar-refractivity contribution is 8.15. The van der Waals surface area contributed by atoms with E-state index in [4.69, 9.17) is 0 Å².